The average molecular weight is 637 g/mol. The summed E-state index contributed by atoms with van der Waals surface area (Å²) in [6.07, 6.45) is -1.79. The van der Waals surface area contributed by atoms with Gasteiger partial charge in [0.05, 0.1) is 30.5 Å². The first-order valence-electron chi connectivity index (χ1n) is 17.6. The molecule has 10 nitrogen and oxygen atoms in total. The Morgan fingerprint density at radius 3 is 2.24 bits per heavy atom. The Morgan fingerprint density at radius 1 is 0.867 bits per heavy atom. The lowest BCUT2D eigenvalue weighted by Gasteiger charge is -2.64. The van der Waals surface area contributed by atoms with Crippen LogP contribution in [0.3, 0.4) is 0 Å². The number of hydrogen-bond acceptors (Lipinski definition) is 10. The molecule has 0 amide bonds. The van der Waals surface area contributed by atoms with Crippen molar-refractivity contribution < 1.29 is 49.6 Å². The second-order valence-electron chi connectivity index (χ2n) is 18.4. The minimum Gasteiger partial charge on any atom is -0.392 e. The molecule has 6 N–H and O–H groups in total. The van der Waals surface area contributed by atoms with Crippen LogP contribution in [0.15, 0.2) is 0 Å². The molecule has 3 saturated heterocycles. The van der Waals surface area contributed by atoms with E-state index in [-0.39, 0.29) is 58.0 Å². The van der Waals surface area contributed by atoms with Crippen LogP contribution in [-0.4, -0.2) is 104 Å². The zero-order chi connectivity index (χ0) is 32.5. The van der Waals surface area contributed by atoms with Crippen molar-refractivity contribution in [3.05, 3.63) is 0 Å². The monoisotopic (exact) mass is 636 g/mol. The molecule has 256 valence electrons. The van der Waals surface area contributed by atoms with Gasteiger partial charge in [-0.3, -0.25) is 0 Å². The molecular formula is C35H56O10. The molecule has 5 saturated carbocycles. The molecule has 18 atom stereocenters. The van der Waals surface area contributed by atoms with E-state index < -0.39 is 65.8 Å². The van der Waals surface area contributed by atoms with E-state index in [0.29, 0.717) is 6.42 Å². The smallest absolute Gasteiger partial charge is 0.199 e. The first-order chi connectivity index (χ1) is 20.8. The van der Waals surface area contributed by atoms with E-state index in [4.69, 9.17) is 18.9 Å². The summed E-state index contributed by atoms with van der Waals surface area (Å²) < 4.78 is 25.6. The Hall–Kier alpha value is -0.400. The summed E-state index contributed by atoms with van der Waals surface area (Å²) in [4.78, 5) is 0. The van der Waals surface area contributed by atoms with Gasteiger partial charge in [-0.1, -0.05) is 34.6 Å². The van der Waals surface area contributed by atoms with Crippen molar-refractivity contribution in [1.29, 1.82) is 0 Å². The van der Waals surface area contributed by atoms with Crippen molar-refractivity contribution in [2.45, 2.75) is 160 Å². The van der Waals surface area contributed by atoms with Crippen molar-refractivity contribution in [2.24, 2.45) is 50.7 Å². The van der Waals surface area contributed by atoms with Crippen LogP contribution >= 0.6 is 0 Å². The Kier molecular flexibility index (Phi) is 6.53. The van der Waals surface area contributed by atoms with E-state index in [1.807, 2.05) is 0 Å². The van der Waals surface area contributed by atoms with Gasteiger partial charge in [-0.15, -0.1) is 0 Å². The Bertz CT molecular complexity index is 1240. The normalized spacial score (nSPS) is 62.7. The Labute approximate surface area is 266 Å². The molecule has 0 unspecified atom stereocenters. The molecular weight excluding hydrogens is 580 g/mol. The summed E-state index contributed by atoms with van der Waals surface area (Å²) in [5.74, 6) is -0.537. The number of hydrogen-bond donors (Lipinski definition) is 6. The standard InChI is InChI=1S/C35H56O10/c1-16-12-18-26(30(4,5)41)45-35(44-18)25(16)31(6)10-11-33-15-34(33)19(8-9-20(33)32(31,7)28(35)40)29(2,3)22(13-21(34)37)43-27-24(39)23(38)17(36)14-42-27/h16-28,36-41H,8-15H2,1-7H3/t16-,17-,18-,19+,20+,21+,22+,23+,24-,25-,26-,27+,28-,31-,32-,33+,34-,35+/m1/s1. The number of ether oxygens (including phenoxy) is 4. The second kappa shape index (κ2) is 9.23. The summed E-state index contributed by atoms with van der Waals surface area (Å²) in [5, 5.41) is 66.7. The third-order valence-corrected chi connectivity index (χ3v) is 15.9. The molecule has 10 heteroatoms. The lowest BCUT2D eigenvalue weighted by Crippen LogP contribution is -2.64. The highest BCUT2D eigenvalue weighted by Gasteiger charge is 2.89. The maximum Gasteiger partial charge on any atom is 0.199 e. The number of aliphatic hydroxyl groups is 6. The molecule has 2 bridgehead atoms. The van der Waals surface area contributed by atoms with Gasteiger partial charge in [-0.05, 0) is 86.4 Å². The lowest BCUT2D eigenvalue weighted by molar-refractivity contribution is -0.309. The van der Waals surface area contributed by atoms with Gasteiger partial charge in [0.25, 0.3) is 0 Å². The van der Waals surface area contributed by atoms with Gasteiger partial charge in [-0.2, -0.15) is 0 Å². The zero-order valence-corrected chi connectivity index (χ0v) is 28.0. The average Bonchev–Trinajstić information content (AvgIpc) is 3.51. The van der Waals surface area contributed by atoms with E-state index in [2.05, 4.69) is 34.6 Å². The van der Waals surface area contributed by atoms with Crippen LogP contribution in [-0.2, 0) is 18.9 Å². The van der Waals surface area contributed by atoms with E-state index in [9.17, 15) is 30.6 Å². The van der Waals surface area contributed by atoms with Crippen LogP contribution < -0.4 is 0 Å². The van der Waals surface area contributed by atoms with Crippen molar-refractivity contribution in [2.75, 3.05) is 6.61 Å². The Balaban J connectivity index is 1.12. The molecule has 0 aromatic carbocycles. The molecule has 3 aliphatic heterocycles. The number of fused-ring (bicyclic) bond motifs is 4. The van der Waals surface area contributed by atoms with Crippen molar-refractivity contribution in [1.82, 2.24) is 0 Å². The predicted molar refractivity (Wildman–Crippen MR) is 160 cm³/mol. The van der Waals surface area contributed by atoms with E-state index >= 15 is 0 Å². The highest BCUT2D eigenvalue weighted by atomic mass is 16.8. The van der Waals surface area contributed by atoms with Crippen LogP contribution in [0.4, 0.5) is 0 Å². The van der Waals surface area contributed by atoms with Crippen LogP contribution in [0.25, 0.3) is 0 Å². The first-order valence-corrected chi connectivity index (χ1v) is 17.6. The van der Waals surface area contributed by atoms with Crippen LogP contribution in [0, 0.1) is 50.7 Å². The molecule has 0 aromatic rings. The number of aliphatic hydroxyl groups excluding tert-OH is 5. The molecule has 8 rings (SSSR count). The van der Waals surface area contributed by atoms with E-state index in [1.165, 1.54) is 0 Å². The predicted octanol–water partition coefficient (Wildman–Crippen LogP) is 2.09. The zero-order valence-electron chi connectivity index (χ0n) is 28.0. The van der Waals surface area contributed by atoms with Gasteiger partial charge in [0.15, 0.2) is 12.1 Å². The summed E-state index contributed by atoms with van der Waals surface area (Å²) in [7, 11) is 0. The summed E-state index contributed by atoms with van der Waals surface area (Å²) >= 11 is 0. The highest BCUT2D eigenvalue weighted by molar-refractivity contribution is 5.35. The molecule has 45 heavy (non-hydrogen) atoms. The van der Waals surface area contributed by atoms with Gasteiger partial charge in [0, 0.05) is 23.2 Å². The minimum absolute atomic E-state index is 0.000311. The van der Waals surface area contributed by atoms with Crippen molar-refractivity contribution in [3.63, 3.8) is 0 Å². The maximum atomic E-state index is 12.7. The fourth-order valence-corrected chi connectivity index (χ4v) is 13.9. The molecule has 0 radical (unpaired) electrons. The molecule has 3 heterocycles. The van der Waals surface area contributed by atoms with E-state index in [0.717, 1.165) is 38.5 Å². The topological polar surface area (TPSA) is 158 Å². The third-order valence-electron chi connectivity index (χ3n) is 15.9. The third kappa shape index (κ3) is 3.51. The van der Waals surface area contributed by atoms with Crippen LogP contribution in [0.1, 0.15) is 93.4 Å². The molecule has 3 spiro atoms. The SMILES string of the molecule is C[C@@H]1C[C@H]2O[C@@]3(O[C@H]2C(C)(C)O)[C@H](O)[C@@]2(C)[C@@H]4CC[C@H]5C(C)(C)[C@@H](O[C@@H]6OC[C@@H](O)[C@H](O)[C@H]6O)C[C@H](O)[C@@]56C[C@@]46CC[C@]2(C)[C@@H]13. The van der Waals surface area contributed by atoms with E-state index in [1.54, 1.807) is 13.8 Å². The summed E-state index contributed by atoms with van der Waals surface area (Å²) in [5.41, 5.74) is -2.59. The minimum atomic E-state index is -1.37. The molecule has 8 aliphatic rings. The van der Waals surface area contributed by atoms with Gasteiger partial charge in [0.1, 0.15) is 30.5 Å². The second-order valence-corrected chi connectivity index (χ2v) is 18.4. The fraction of sp³-hybridized carbons (Fsp3) is 1.00. The lowest BCUT2D eigenvalue weighted by atomic mass is 9.41. The molecule has 5 aliphatic carbocycles. The quantitative estimate of drug-likeness (QED) is 0.254. The first kappa shape index (κ1) is 31.8. The fourth-order valence-electron chi connectivity index (χ4n) is 13.9. The highest BCUT2D eigenvalue weighted by Crippen LogP contribution is 2.90. The van der Waals surface area contributed by atoms with Gasteiger partial charge in [-0.25, -0.2) is 0 Å². The van der Waals surface area contributed by atoms with Crippen molar-refractivity contribution in [3.8, 4) is 0 Å². The van der Waals surface area contributed by atoms with Crippen molar-refractivity contribution >= 4 is 0 Å². The summed E-state index contributed by atoms with van der Waals surface area (Å²) in [6, 6.07) is 0. The largest absolute Gasteiger partial charge is 0.392 e. The maximum absolute atomic E-state index is 12.7. The van der Waals surface area contributed by atoms with Crippen LogP contribution in [0.5, 0.6) is 0 Å². The van der Waals surface area contributed by atoms with Gasteiger partial charge < -0.3 is 49.6 Å². The molecule has 0 aromatic heterocycles. The van der Waals surface area contributed by atoms with Crippen LogP contribution in [0.2, 0.25) is 0 Å². The molecule has 8 fully saturated rings. The summed E-state index contributed by atoms with van der Waals surface area (Å²) in [6.45, 7) is 14.7. The number of rotatable bonds is 3. The van der Waals surface area contributed by atoms with Gasteiger partial charge in [0.2, 0.25) is 0 Å². The Morgan fingerprint density at radius 2 is 1.56 bits per heavy atom. The van der Waals surface area contributed by atoms with Gasteiger partial charge >= 0.3 is 0 Å².